The summed E-state index contributed by atoms with van der Waals surface area (Å²) in [6.45, 7) is 5.90. The maximum Gasteiger partial charge on any atom is 0.223 e. The Morgan fingerprint density at radius 1 is 1.04 bits per heavy atom. The van der Waals surface area contributed by atoms with Gasteiger partial charge in [-0.2, -0.15) is 11.2 Å². The van der Waals surface area contributed by atoms with Gasteiger partial charge in [0.2, 0.25) is 5.89 Å². The molecule has 0 N–H and O–H groups in total. The number of nitrogens with zero attached hydrogens (tertiary/aromatic N) is 4. The molecule has 0 aliphatic carbocycles. The molecule has 142 valence electrons. The molecule has 0 fully saturated rings. The summed E-state index contributed by atoms with van der Waals surface area (Å²) in [5, 5.41) is 15.1. The van der Waals surface area contributed by atoms with Crippen LogP contribution in [0, 0.1) is 6.92 Å². The first-order chi connectivity index (χ1) is 12.9. The Labute approximate surface area is 170 Å². The number of aromatic nitrogens is 2. The van der Waals surface area contributed by atoms with Crippen molar-refractivity contribution < 1.29 is 4.52 Å². The average molecular weight is 510 g/mol. The molecule has 0 saturated heterocycles. The second-order valence-electron chi connectivity index (χ2n) is 6.11. The van der Waals surface area contributed by atoms with Gasteiger partial charge < -0.3 is 15.2 Å². The van der Waals surface area contributed by atoms with Gasteiger partial charge in [-0.15, -0.1) is 11.4 Å². The van der Waals surface area contributed by atoms with E-state index in [1.807, 2.05) is 36.4 Å². The van der Waals surface area contributed by atoms with Gasteiger partial charge in [-0.25, -0.2) is 0 Å². The SMILES string of the molecule is C[CH2][Sn]([Cl])([Cl])[CH2]C.Cc1nc(C2=CC=c3ccc4c(c3[N-]2)[N-]C=CC=4)no1. The minimum absolute atomic E-state index is 0.498. The molecule has 2 aromatic rings. The molecule has 2 aliphatic rings. The first-order valence-electron chi connectivity index (χ1n) is 8.76. The number of hydrogen-bond donors (Lipinski definition) is 0. The van der Waals surface area contributed by atoms with Crippen molar-refractivity contribution >= 4 is 63.2 Å². The van der Waals surface area contributed by atoms with Crippen LogP contribution < -0.4 is 10.4 Å². The average Bonchev–Trinajstić information content (AvgIpc) is 3.14. The van der Waals surface area contributed by atoms with Crippen LogP contribution >= 0.6 is 17.8 Å². The fraction of sp³-hybridized carbons (Fsp3) is 0.263. The zero-order valence-electron chi connectivity index (χ0n) is 15.4. The third-order valence-electron chi connectivity index (χ3n) is 4.22. The fourth-order valence-corrected chi connectivity index (χ4v) is 3.93. The van der Waals surface area contributed by atoms with E-state index in [0.717, 1.165) is 30.7 Å². The Bertz CT molecular complexity index is 1010. The zero-order valence-corrected chi connectivity index (χ0v) is 19.8. The van der Waals surface area contributed by atoms with Crippen LogP contribution in [0.5, 0.6) is 0 Å². The Morgan fingerprint density at radius 2 is 1.74 bits per heavy atom. The molecule has 2 aliphatic heterocycles. The zero-order chi connectivity index (χ0) is 19.4. The summed E-state index contributed by atoms with van der Waals surface area (Å²) in [5.41, 5.74) is 2.42. The minimum atomic E-state index is -2.34. The van der Waals surface area contributed by atoms with Crippen molar-refractivity contribution in [2.45, 2.75) is 29.6 Å². The van der Waals surface area contributed by atoms with Crippen LogP contribution in [0.3, 0.4) is 0 Å². The van der Waals surface area contributed by atoms with Gasteiger partial charge in [-0.05, 0) is 10.4 Å². The predicted molar refractivity (Wildman–Crippen MR) is 115 cm³/mol. The molecule has 5 nitrogen and oxygen atoms in total. The molecule has 0 atom stereocenters. The van der Waals surface area contributed by atoms with Crippen LogP contribution in [0.25, 0.3) is 28.5 Å². The van der Waals surface area contributed by atoms with E-state index in [1.54, 1.807) is 13.1 Å². The molecule has 0 spiro atoms. The molecule has 1 aromatic carbocycles. The topological polar surface area (TPSA) is 67.1 Å². The molecule has 0 amide bonds. The third kappa shape index (κ3) is 4.89. The summed E-state index contributed by atoms with van der Waals surface area (Å²) in [5.74, 6) is 1.02. The normalized spacial score (nSPS) is 14.2. The fourth-order valence-electron chi connectivity index (χ4n) is 2.50. The summed E-state index contributed by atoms with van der Waals surface area (Å²) < 4.78 is 7.07. The molecule has 0 saturated carbocycles. The van der Waals surface area contributed by atoms with Gasteiger partial charge in [0.1, 0.15) is 0 Å². The standard InChI is InChI=1S/C15H10N4O.2C2H5.2ClH.Sn/c1-9-17-15(19-20-9)12-7-6-11-5-4-10-3-2-8-16-13(10)14(11)18-12;2*1-2;;;/h2-8H,1H3;2*1H2,2H3;2*1H;/q-2;;;;;+2/p-2. The van der Waals surface area contributed by atoms with E-state index in [2.05, 4.69) is 34.6 Å². The number of benzene rings is 1. The molecule has 27 heavy (non-hydrogen) atoms. The first kappa shape index (κ1) is 20.3. The Balaban J connectivity index is 0.000000260. The second-order valence-corrected chi connectivity index (χ2v) is 26.0. The van der Waals surface area contributed by atoms with Crippen LogP contribution in [-0.2, 0) is 0 Å². The Kier molecular flexibility index (Phi) is 6.55. The molecular formula is C19H20Cl2N4OSn-2. The molecule has 0 radical (unpaired) electrons. The van der Waals surface area contributed by atoms with Gasteiger partial charge >= 0.3 is 56.7 Å². The second kappa shape index (κ2) is 8.71. The summed E-state index contributed by atoms with van der Waals surface area (Å²) in [6, 6.07) is 4.09. The van der Waals surface area contributed by atoms with E-state index in [1.165, 1.54) is 0 Å². The molecular weight excluding hydrogens is 490 g/mol. The summed E-state index contributed by atoms with van der Waals surface area (Å²) in [4.78, 5) is 4.21. The van der Waals surface area contributed by atoms with Crippen LogP contribution in [-0.4, -0.2) is 26.3 Å². The summed E-state index contributed by atoms with van der Waals surface area (Å²) >= 11 is -2.34. The maximum atomic E-state index is 5.88. The van der Waals surface area contributed by atoms with E-state index in [0.29, 0.717) is 17.4 Å². The molecule has 0 bridgehead atoms. The van der Waals surface area contributed by atoms with Gasteiger partial charge in [0.05, 0.1) is 0 Å². The molecule has 1 aromatic heterocycles. The van der Waals surface area contributed by atoms with Crippen LogP contribution in [0.2, 0.25) is 8.87 Å². The van der Waals surface area contributed by atoms with E-state index in [4.69, 9.17) is 22.4 Å². The Hall–Kier alpha value is -1.44. The van der Waals surface area contributed by atoms with Gasteiger partial charge in [0.25, 0.3) is 0 Å². The van der Waals surface area contributed by atoms with Crippen LogP contribution in [0.15, 0.2) is 35.0 Å². The maximum absolute atomic E-state index is 5.88. The van der Waals surface area contributed by atoms with E-state index >= 15 is 0 Å². The van der Waals surface area contributed by atoms with Crippen LogP contribution in [0.1, 0.15) is 25.6 Å². The van der Waals surface area contributed by atoms with Gasteiger partial charge in [0, 0.05) is 6.92 Å². The molecule has 0 unspecified atom stereocenters. The van der Waals surface area contributed by atoms with E-state index in [-0.39, 0.29) is 0 Å². The molecule has 8 heteroatoms. The van der Waals surface area contributed by atoms with Crippen molar-refractivity contribution in [1.82, 2.24) is 10.1 Å². The number of halogens is 2. The predicted octanol–water partition coefficient (Wildman–Crippen LogP) is 5.48. The smallest absolute Gasteiger partial charge is 0.223 e. The largest absolute Gasteiger partial charge is 0.665 e. The first-order valence-corrected chi connectivity index (χ1v) is 20.0. The van der Waals surface area contributed by atoms with E-state index in [9.17, 15) is 0 Å². The van der Waals surface area contributed by atoms with Crippen LogP contribution in [0.4, 0.5) is 11.4 Å². The molecule has 3 heterocycles. The number of allylic oxidation sites excluding steroid dienone is 2. The van der Waals surface area contributed by atoms with Crippen molar-refractivity contribution in [2.75, 3.05) is 0 Å². The van der Waals surface area contributed by atoms with Crippen molar-refractivity contribution in [1.29, 1.82) is 0 Å². The van der Waals surface area contributed by atoms with Crippen molar-refractivity contribution in [2.24, 2.45) is 0 Å². The van der Waals surface area contributed by atoms with Gasteiger partial charge in [-0.3, -0.25) is 0 Å². The third-order valence-corrected chi connectivity index (χ3v) is 17.3. The number of aryl methyl sites for hydroxylation is 1. The minimum Gasteiger partial charge on any atom is -0.665 e. The quantitative estimate of drug-likeness (QED) is 0.515. The van der Waals surface area contributed by atoms with Gasteiger partial charge in [0.15, 0.2) is 5.82 Å². The summed E-state index contributed by atoms with van der Waals surface area (Å²) in [7, 11) is 11.8. The monoisotopic (exact) mass is 510 g/mol. The van der Waals surface area contributed by atoms with Gasteiger partial charge in [-0.1, -0.05) is 47.3 Å². The number of hydrogen-bond acceptors (Lipinski definition) is 3. The Morgan fingerprint density at radius 3 is 2.33 bits per heavy atom. The van der Waals surface area contributed by atoms with Crippen molar-refractivity contribution in [3.05, 3.63) is 63.3 Å². The van der Waals surface area contributed by atoms with Crippen molar-refractivity contribution in [3.63, 3.8) is 0 Å². The number of fused-ring (bicyclic) bond motifs is 3. The van der Waals surface area contributed by atoms with Crippen molar-refractivity contribution in [3.8, 4) is 0 Å². The summed E-state index contributed by atoms with van der Waals surface area (Å²) in [6.07, 6.45) is 9.60. The molecule has 4 rings (SSSR count). The van der Waals surface area contributed by atoms with E-state index < -0.39 is 16.1 Å². The number of rotatable bonds is 3.